The van der Waals surface area contributed by atoms with E-state index < -0.39 is 0 Å². The molecule has 2 aromatic heterocycles. The minimum Gasteiger partial charge on any atom is -0.496 e. The second-order valence-electron chi connectivity index (χ2n) is 7.41. The Morgan fingerprint density at radius 1 is 1.25 bits per heavy atom. The Bertz CT molecular complexity index is 996. The highest BCUT2D eigenvalue weighted by atomic mass is 16.5. The molecule has 0 saturated carbocycles. The third-order valence-corrected chi connectivity index (χ3v) is 5.82. The maximum absolute atomic E-state index is 12.8. The Hall–Kier alpha value is -3.16. The number of amides is 1. The van der Waals surface area contributed by atoms with Gasteiger partial charge >= 0.3 is 0 Å². The van der Waals surface area contributed by atoms with Crippen molar-refractivity contribution in [3.8, 4) is 17.1 Å². The van der Waals surface area contributed by atoms with Crippen molar-refractivity contribution in [3.05, 3.63) is 48.8 Å². The molecule has 0 unspecified atom stereocenters. The molecule has 2 aliphatic rings. The lowest BCUT2D eigenvalue weighted by molar-refractivity contribution is -0.131. The molecule has 0 bridgehead atoms. The van der Waals surface area contributed by atoms with Crippen LogP contribution in [0.4, 0.5) is 0 Å². The Kier molecular flexibility index (Phi) is 4.11. The zero-order valence-electron chi connectivity index (χ0n) is 15.7. The molecule has 1 saturated heterocycles. The first-order valence-electron chi connectivity index (χ1n) is 9.55. The molecular formula is C20H22N6O2. The molecule has 0 radical (unpaired) electrons. The molecule has 0 spiro atoms. The lowest BCUT2D eigenvalue weighted by Crippen LogP contribution is -2.32. The summed E-state index contributed by atoms with van der Waals surface area (Å²) in [6.45, 7) is 1.79. The maximum atomic E-state index is 12.8. The first kappa shape index (κ1) is 17.0. The van der Waals surface area contributed by atoms with Crippen LogP contribution in [-0.4, -0.2) is 55.3 Å². The number of ether oxygens (including phenoxy) is 1. The summed E-state index contributed by atoms with van der Waals surface area (Å²) in [6.07, 6.45) is 7.11. The number of imidazole rings is 1. The quantitative estimate of drug-likeness (QED) is 0.692. The second kappa shape index (κ2) is 6.78. The van der Waals surface area contributed by atoms with E-state index >= 15 is 0 Å². The van der Waals surface area contributed by atoms with E-state index in [9.17, 15) is 4.79 Å². The maximum Gasteiger partial charge on any atom is 0.242 e. The standard InChI is InChI=1S/C20H22N6O2/c1-28-17-5-3-2-4-15(17)20-23-22-18-7-6-14-10-25(11-16(14)26(18)20)19(27)12-24-9-8-21-13-24/h2-5,8-9,13-14,16H,6-7,10-12H2,1H3/t14-,16+/m1/s1. The van der Waals surface area contributed by atoms with Crippen molar-refractivity contribution in [3.63, 3.8) is 0 Å². The number of carbonyl (C=O) groups is 1. The van der Waals surface area contributed by atoms with E-state index in [4.69, 9.17) is 4.74 Å². The number of likely N-dealkylation sites (tertiary alicyclic amines) is 1. The van der Waals surface area contributed by atoms with Gasteiger partial charge < -0.3 is 18.8 Å². The first-order valence-corrected chi connectivity index (χ1v) is 9.55. The Morgan fingerprint density at radius 2 is 2.14 bits per heavy atom. The van der Waals surface area contributed by atoms with Crippen molar-refractivity contribution >= 4 is 5.91 Å². The van der Waals surface area contributed by atoms with Crippen LogP contribution in [-0.2, 0) is 17.8 Å². The summed E-state index contributed by atoms with van der Waals surface area (Å²) >= 11 is 0. The minimum absolute atomic E-state index is 0.126. The fourth-order valence-electron chi connectivity index (χ4n) is 4.44. The number of fused-ring (bicyclic) bond motifs is 3. The summed E-state index contributed by atoms with van der Waals surface area (Å²) in [5, 5.41) is 8.93. The lowest BCUT2D eigenvalue weighted by Gasteiger charge is -2.27. The normalized spacial score (nSPS) is 20.7. The van der Waals surface area contributed by atoms with E-state index in [-0.39, 0.29) is 11.9 Å². The van der Waals surface area contributed by atoms with Gasteiger partial charge in [-0.15, -0.1) is 10.2 Å². The fraction of sp³-hybridized carbons (Fsp3) is 0.400. The van der Waals surface area contributed by atoms with E-state index in [0.29, 0.717) is 19.0 Å². The molecule has 5 rings (SSSR count). The summed E-state index contributed by atoms with van der Waals surface area (Å²) in [5.74, 6) is 3.15. The number of hydrogen-bond acceptors (Lipinski definition) is 5. The molecule has 0 N–H and O–H groups in total. The van der Waals surface area contributed by atoms with E-state index in [1.54, 1.807) is 19.6 Å². The topological polar surface area (TPSA) is 78.1 Å². The van der Waals surface area contributed by atoms with Gasteiger partial charge in [-0.2, -0.15) is 0 Å². The van der Waals surface area contributed by atoms with Crippen LogP contribution in [0.5, 0.6) is 5.75 Å². The summed E-state index contributed by atoms with van der Waals surface area (Å²) in [7, 11) is 1.67. The van der Waals surface area contributed by atoms with Gasteiger partial charge in [-0.1, -0.05) is 12.1 Å². The largest absolute Gasteiger partial charge is 0.496 e. The van der Waals surface area contributed by atoms with Crippen molar-refractivity contribution in [2.75, 3.05) is 20.2 Å². The van der Waals surface area contributed by atoms with Gasteiger partial charge in [0.15, 0.2) is 5.82 Å². The number of rotatable bonds is 4. The highest BCUT2D eigenvalue weighted by Gasteiger charge is 2.41. The molecule has 8 heteroatoms. The molecule has 1 fully saturated rings. The highest BCUT2D eigenvalue weighted by Crippen LogP contribution is 2.40. The number of methoxy groups -OCH3 is 1. The van der Waals surface area contributed by atoms with E-state index in [2.05, 4.69) is 19.7 Å². The van der Waals surface area contributed by atoms with Crippen molar-refractivity contribution in [1.82, 2.24) is 29.2 Å². The lowest BCUT2D eigenvalue weighted by atomic mass is 9.93. The zero-order valence-corrected chi connectivity index (χ0v) is 15.7. The van der Waals surface area contributed by atoms with Crippen LogP contribution < -0.4 is 4.74 Å². The summed E-state index contributed by atoms with van der Waals surface area (Å²) in [6, 6.07) is 8.08. The average molecular weight is 378 g/mol. The third-order valence-electron chi connectivity index (χ3n) is 5.82. The number of aryl methyl sites for hydroxylation is 1. The van der Waals surface area contributed by atoms with Gasteiger partial charge in [0, 0.05) is 31.9 Å². The Morgan fingerprint density at radius 3 is 2.96 bits per heavy atom. The van der Waals surface area contributed by atoms with Crippen molar-refractivity contribution in [1.29, 1.82) is 0 Å². The van der Waals surface area contributed by atoms with Crippen LogP contribution in [0, 0.1) is 5.92 Å². The molecule has 3 aromatic rings. The van der Waals surface area contributed by atoms with Gasteiger partial charge in [-0.3, -0.25) is 4.79 Å². The molecule has 1 aromatic carbocycles. The molecule has 2 aliphatic heterocycles. The monoisotopic (exact) mass is 378 g/mol. The molecule has 4 heterocycles. The Balaban J connectivity index is 1.44. The SMILES string of the molecule is COc1ccccc1-c1nnc2n1[C@H]1CN(C(=O)Cn3ccnc3)C[C@H]1CC2. The molecule has 1 amide bonds. The predicted molar refractivity (Wildman–Crippen MR) is 102 cm³/mol. The van der Waals surface area contributed by atoms with Crippen LogP contribution in [0.15, 0.2) is 43.0 Å². The summed E-state index contributed by atoms with van der Waals surface area (Å²) in [4.78, 5) is 18.8. The second-order valence-corrected chi connectivity index (χ2v) is 7.41. The van der Waals surface area contributed by atoms with Crippen LogP contribution >= 0.6 is 0 Å². The summed E-state index contributed by atoms with van der Waals surface area (Å²) < 4.78 is 9.58. The van der Waals surface area contributed by atoms with E-state index in [1.807, 2.05) is 39.9 Å². The van der Waals surface area contributed by atoms with Crippen LogP contribution in [0.3, 0.4) is 0 Å². The molecule has 144 valence electrons. The molecule has 8 nitrogen and oxygen atoms in total. The number of nitrogens with zero attached hydrogens (tertiary/aromatic N) is 6. The van der Waals surface area contributed by atoms with Crippen LogP contribution in [0.1, 0.15) is 18.3 Å². The smallest absolute Gasteiger partial charge is 0.242 e. The van der Waals surface area contributed by atoms with E-state index in [1.165, 1.54) is 0 Å². The molecule has 2 atom stereocenters. The van der Waals surface area contributed by atoms with Crippen molar-refractivity contribution < 1.29 is 9.53 Å². The average Bonchev–Trinajstić information content (AvgIpc) is 3.46. The number of hydrogen-bond donors (Lipinski definition) is 0. The number of para-hydroxylation sites is 1. The van der Waals surface area contributed by atoms with Gasteiger partial charge in [0.05, 0.1) is 25.0 Å². The van der Waals surface area contributed by atoms with Crippen LogP contribution in [0.25, 0.3) is 11.4 Å². The number of carbonyl (C=O) groups excluding carboxylic acids is 1. The van der Waals surface area contributed by atoms with E-state index in [0.717, 1.165) is 42.3 Å². The predicted octanol–water partition coefficient (Wildman–Crippen LogP) is 1.80. The van der Waals surface area contributed by atoms with Crippen molar-refractivity contribution in [2.24, 2.45) is 5.92 Å². The fourth-order valence-corrected chi connectivity index (χ4v) is 4.44. The van der Waals surface area contributed by atoms with Gasteiger partial charge in [-0.25, -0.2) is 4.98 Å². The van der Waals surface area contributed by atoms with Gasteiger partial charge in [0.1, 0.15) is 18.1 Å². The number of benzene rings is 1. The molecule has 28 heavy (non-hydrogen) atoms. The Labute approximate surface area is 162 Å². The molecular weight excluding hydrogens is 356 g/mol. The first-order chi connectivity index (χ1) is 13.7. The third kappa shape index (κ3) is 2.76. The van der Waals surface area contributed by atoms with Crippen molar-refractivity contribution in [2.45, 2.75) is 25.4 Å². The van der Waals surface area contributed by atoms with Crippen LogP contribution in [0.2, 0.25) is 0 Å². The van der Waals surface area contributed by atoms with Gasteiger partial charge in [0.2, 0.25) is 5.91 Å². The van der Waals surface area contributed by atoms with Gasteiger partial charge in [-0.05, 0) is 24.5 Å². The van der Waals surface area contributed by atoms with Gasteiger partial charge in [0.25, 0.3) is 0 Å². The summed E-state index contributed by atoms with van der Waals surface area (Å²) in [5.41, 5.74) is 0.938. The minimum atomic E-state index is 0.126. The highest BCUT2D eigenvalue weighted by molar-refractivity contribution is 5.76. The zero-order chi connectivity index (χ0) is 19.1. The number of aromatic nitrogens is 5. The molecule has 0 aliphatic carbocycles.